The average molecular weight is 423 g/mol. The van der Waals surface area contributed by atoms with Gasteiger partial charge in [0.05, 0.1) is 12.3 Å². The number of aromatic nitrogens is 2. The van der Waals surface area contributed by atoms with E-state index in [9.17, 15) is 13.2 Å². The molecular formula is C22H21N3O4S. The lowest BCUT2D eigenvalue weighted by atomic mass is 10.1. The Morgan fingerprint density at radius 1 is 1.10 bits per heavy atom. The van der Waals surface area contributed by atoms with E-state index in [-0.39, 0.29) is 11.5 Å². The van der Waals surface area contributed by atoms with E-state index in [0.29, 0.717) is 29.6 Å². The van der Waals surface area contributed by atoms with Crippen molar-refractivity contribution in [1.82, 2.24) is 15.1 Å². The molecule has 4 rings (SSSR count). The topological polar surface area (TPSA) is 94.2 Å². The number of hydrogen-bond donors (Lipinski definition) is 1. The third kappa shape index (κ3) is 4.60. The number of hydrogen-bond acceptors (Lipinski definition) is 5. The smallest absolute Gasteiger partial charge is 0.287 e. The van der Waals surface area contributed by atoms with Gasteiger partial charge in [-0.3, -0.25) is 9.48 Å². The predicted octanol–water partition coefficient (Wildman–Crippen LogP) is 3.15. The van der Waals surface area contributed by atoms with E-state index in [0.717, 1.165) is 17.4 Å². The highest BCUT2D eigenvalue weighted by Gasteiger charge is 2.23. The molecule has 0 radical (unpaired) electrons. The van der Waals surface area contributed by atoms with Crippen molar-refractivity contribution in [3.05, 3.63) is 89.4 Å². The number of benzene rings is 2. The lowest BCUT2D eigenvalue weighted by molar-refractivity contribution is 0.0924. The predicted molar refractivity (Wildman–Crippen MR) is 114 cm³/mol. The summed E-state index contributed by atoms with van der Waals surface area (Å²) in [7, 11) is -3.34. The van der Waals surface area contributed by atoms with Crippen molar-refractivity contribution < 1.29 is 17.6 Å². The molecule has 2 aromatic carbocycles. The van der Waals surface area contributed by atoms with Crippen LogP contribution in [0.2, 0.25) is 0 Å². The van der Waals surface area contributed by atoms with Crippen molar-refractivity contribution in [3.63, 3.8) is 0 Å². The van der Waals surface area contributed by atoms with Gasteiger partial charge in [0.2, 0.25) is 0 Å². The number of sulfone groups is 1. The van der Waals surface area contributed by atoms with Crippen LogP contribution >= 0.6 is 0 Å². The first kappa shape index (κ1) is 19.9. The molecule has 2 heterocycles. The van der Waals surface area contributed by atoms with Crippen molar-refractivity contribution in [1.29, 1.82) is 0 Å². The van der Waals surface area contributed by atoms with Gasteiger partial charge in [0.1, 0.15) is 5.58 Å². The zero-order chi connectivity index (χ0) is 21.1. The summed E-state index contributed by atoms with van der Waals surface area (Å²) in [5.74, 6) is -0.664. The van der Waals surface area contributed by atoms with E-state index in [1.807, 2.05) is 41.2 Å². The van der Waals surface area contributed by atoms with Crippen molar-refractivity contribution in [2.75, 3.05) is 6.26 Å². The summed E-state index contributed by atoms with van der Waals surface area (Å²) in [5, 5.41) is 7.67. The van der Waals surface area contributed by atoms with Crippen LogP contribution in [0.5, 0.6) is 0 Å². The summed E-state index contributed by atoms with van der Waals surface area (Å²) in [6.07, 6.45) is 4.76. The van der Waals surface area contributed by atoms with Gasteiger partial charge in [-0.25, -0.2) is 8.42 Å². The molecule has 0 aliphatic rings. The lowest BCUT2D eigenvalue weighted by Crippen LogP contribution is -2.23. The number of fused-ring (bicyclic) bond motifs is 1. The van der Waals surface area contributed by atoms with E-state index in [2.05, 4.69) is 10.4 Å². The fraction of sp³-hybridized carbons (Fsp3) is 0.182. The van der Waals surface area contributed by atoms with Gasteiger partial charge >= 0.3 is 0 Å². The molecule has 0 aliphatic heterocycles. The van der Waals surface area contributed by atoms with Crippen LogP contribution in [0.25, 0.3) is 11.0 Å². The maximum atomic E-state index is 12.8. The number of nitrogens with one attached hydrogen (secondary N) is 1. The minimum absolute atomic E-state index is 0.0364. The van der Waals surface area contributed by atoms with Crippen LogP contribution in [0.3, 0.4) is 0 Å². The molecule has 0 bridgehead atoms. The summed E-state index contributed by atoms with van der Waals surface area (Å²) in [6.45, 7) is 0.929. The standard InChI is InChI=1S/C22H21N3O4S/c1-30(27,28)15-19-18-8-2-3-9-20(18)29-21(19)22(26)23-13-16-6-4-7-17(12-16)14-25-11-5-10-24-25/h2-12H,13-15H2,1H3,(H,23,26). The molecule has 0 fully saturated rings. The SMILES string of the molecule is CS(=O)(=O)Cc1c(C(=O)NCc2cccc(Cn3cccn3)c2)oc2ccccc12. The number of amides is 1. The van der Waals surface area contributed by atoms with Crippen LogP contribution < -0.4 is 5.32 Å². The second-order valence-electron chi connectivity index (χ2n) is 7.18. The Morgan fingerprint density at radius 2 is 1.90 bits per heavy atom. The monoisotopic (exact) mass is 423 g/mol. The van der Waals surface area contributed by atoms with Crippen LogP contribution in [0, 0.1) is 0 Å². The quantitative estimate of drug-likeness (QED) is 0.493. The maximum Gasteiger partial charge on any atom is 0.287 e. The molecule has 0 saturated carbocycles. The van der Waals surface area contributed by atoms with Gasteiger partial charge in [-0.15, -0.1) is 0 Å². The normalized spacial score (nSPS) is 11.6. The number of rotatable bonds is 7. The average Bonchev–Trinajstić information content (AvgIpc) is 3.34. The fourth-order valence-electron chi connectivity index (χ4n) is 3.37. The minimum Gasteiger partial charge on any atom is -0.451 e. The van der Waals surface area contributed by atoms with Crippen LogP contribution in [0.15, 0.2) is 71.4 Å². The third-order valence-corrected chi connectivity index (χ3v) is 5.47. The van der Waals surface area contributed by atoms with E-state index in [1.165, 1.54) is 0 Å². The van der Waals surface area contributed by atoms with Crippen LogP contribution in [-0.2, 0) is 28.7 Å². The highest BCUT2D eigenvalue weighted by Crippen LogP contribution is 2.27. The molecule has 0 spiro atoms. The number of para-hydroxylation sites is 1. The molecule has 8 heteroatoms. The molecule has 0 saturated heterocycles. The Kier molecular flexibility index (Phi) is 5.41. The molecule has 2 aromatic heterocycles. The molecule has 0 unspecified atom stereocenters. The molecule has 154 valence electrons. The molecule has 1 N–H and O–H groups in total. The number of furan rings is 1. The van der Waals surface area contributed by atoms with Gasteiger partial charge in [0.25, 0.3) is 5.91 Å². The summed E-state index contributed by atoms with van der Waals surface area (Å²) < 4.78 is 31.3. The minimum atomic E-state index is -3.34. The second kappa shape index (κ2) is 8.16. The van der Waals surface area contributed by atoms with Gasteiger partial charge < -0.3 is 9.73 Å². The van der Waals surface area contributed by atoms with Crippen molar-refractivity contribution in [2.24, 2.45) is 0 Å². The first-order valence-corrected chi connectivity index (χ1v) is 11.5. The van der Waals surface area contributed by atoms with Gasteiger partial charge in [0.15, 0.2) is 15.6 Å². The highest BCUT2D eigenvalue weighted by molar-refractivity contribution is 7.89. The second-order valence-corrected chi connectivity index (χ2v) is 9.32. The van der Waals surface area contributed by atoms with E-state index in [1.54, 1.807) is 30.5 Å². The number of carbonyl (C=O) groups is 1. The molecule has 1 amide bonds. The van der Waals surface area contributed by atoms with E-state index in [4.69, 9.17) is 4.42 Å². The molecule has 7 nitrogen and oxygen atoms in total. The third-order valence-electron chi connectivity index (χ3n) is 4.66. The largest absolute Gasteiger partial charge is 0.451 e. The van der Waals surface area contributed by atoms with Crippen LogP contribution in [-0.4, -0.2) is 30.4 Å². The van der Waals surface area contributed by atoms with Crippen molar-refractivity contribution in [2.45, 2.75) is 18.8 Å². The van der Waals surface area contributed by atoms with Gasteiger partial charge in [-0.1, -0.05) is 42.5 Å². The van der Waals surface area contributed by atoms with Crippen LogP contribution in [0.4, 0.5) is 0 Å². The van der Waals surface area contributed by atoms with Gasteiger partial charge in [0, 0.05) is 36.1 Å². The zero-order valence-electron chi connectivity index (χ0n) is 16.4. The summed E-state index contributed by atoms with van der Waals surface area (Å²) >= 11 is 0. The summed E-state index contributed by atoms with van der Waals surface area (Å²) in [5.41, 5.74) is 2.86. The molecule has 4 aromatic rings. The maximum absolute atomic E-state index is 12.8. The van der Waals surface area contributed by atoms with E-state index < -0.39 is 15.7 Å². The van der Waals surface area contributed by atoms with Crippen LogP contribution in [0.1, 0.15) is 27.2 Å². The highest BCUT2D eigenvalue weighted by atomic mass is 32.2. The Balaban J connectivity index is 1.53. The molecule has 30 heavy (non-hydrogen) atoms. The van der Waals surface area contributed by atoms with Gasteiger partial charge in [-0.2, -0.15) is 5.10 Å². The van der Waals surface area contributed by atoms with Crippen molar-refractivity contribution in [3.8, 4) is 0 Å². The Morgan fingerprint density at radius 3 is 2.67 bits per heavy atom. The van der Waals surface area contributed by atoms with Gasteiger partial charge in [-0.05, 0) is 23.3 Å². The van der Waals surface area contributed by atoms with E-state index >= 15 is 0 Å². The Hall–Kier alpha value is -3.39. The molecular weight excluding hydrogens is 402 g/mol. The number of carbonyl (C=O) groups excluding carboxylic acids is 1. The summed E-state index contributed by atoms with van der Waals surface area (Å²) in [6, 6.07) is 16.8. The fourth-order valence-corrected chi connectivity index (χ4v) is 4.18. The Bertz CT molecular complexity index is 1290. The van der Waals surface area contributed by atoms with Crippen molar-refractivity contribution >= 4 is 26.7 Å². The summed E-state index contributed by atoms with van der Waals surface area (Å²) in [4.78, 5) is 12.8. The number of nitrogens with zero attached hydrogens (tertiary/aromatic N) is 2. The first-order chi connectivity index (χ1) is 14.4. The Labute approximate surface area is 174 Å². The molecule has 0 aliphatic carbocycles. The zero-order valence-corrected chi connectivity index (χ0v) is 17.2. The lowest BCUT2D eigenvalue weighted by Gasteiger charge is -2.08. The first-order valence-electron chi connectivity index (χ1n) is 9.40. The molecule has 0 atom stereocenters.